The van der Waals surface area contributed by atoms with Gasteiger partial charge in [0.25, 0.3) is 5.69 Å². The number of aromatic nitrogens is 1. The topological polar surface area (TPSA) is 96.6 Å². The van der Waals surface area contributed by atoms with E-state index in [9.17, 15) is 14.9 Å². The van der Waals surface area contributed by atoms with Crippen LogP contribution in [0.15, 0.2) is 16.7 Å². The Morgan fingerprint density at radius 2 is 2.32 bits per heavy atom. The minimum atomic E-state index is -0.872. The first kappa shape index (κ1) is 13.7. The van der Waals surface area contributed by atoms with Crippen molar-refractivity contribution in [3.05, 3.63) is 26.9 Å². The fourth-order valence-electron chi connectivity index (χ4n) is 1.80. The zero-order chi connectivity index (χ0) is 14.0. The molecule has 0 aliphatic heterocycles. The molecule has 1 aliphatic carbocycles. The highest BCUT2D eigenvalue weighted by Crippen LogP contribution is 2.35. The lowest BCUT2D eigenvalue weighted by atomic mass is 10.3. The van der Waals surface area contributed by atoms with Crippen LogP contribution in [0.25, 0.3) is 0 Å². The Morgan fingerprint density at radius 3 is 2.79 bits per heavy atom. The summed E-state index contributed by atoms with van der Waals surface area (Å²) in [6.07, 6.45) is 3.19. The molecule has 1 aromatic rings. The molecule has 0 unspecified atom stereocenters. The van der Waals surface area contributed by atoms with Gasteiger partial charge in [0.1, 0.15) is 12.0 Å². The number of hydrogen-bond acceptors (Lipinski definition) is 5. The second-order valence-electron chi connectivity index (χ2n) is 4.32. The number of halogens is 1. The maximum atomic E-state index is 10.7. The van der Waals surface area contributed by atoms with E-state index in [-0.39, 0.29) is 18.2 Å². The maximum absolute atomic E-state index is 10.7. The van der Waals surface area contributed by atoms with E-state index in [0.29, 0.717) is 16.8 Å². The van der Waals surface area contributed by atoms with Crippen LogP contribution in [0, 0.1) is 10.1 Å². The van der Waals surface area contributed by atoms with Crippen LogP contribution in [-0.2, 0) is 4.79 Å². The highest BCUT2D eigenvalue weighted by atomic mass is 79.9. The van der Waals surface area contributed by atoms with Gasteiger partial charge in [-0.15, -0.1) is 0 Å². The first-order valence-corrected chi connectivity index (χ1v) is 6.56. The number of hydrogen-bond donors (Lipinski definition) is 1. The van der Waals surface area contributed by atoms with E-state index in [1.54, 1.807) is 0 Å². The Morgan fingerprint density at radius 1 is 1.63 bits per heavy atom. The molecule has 0 atom stereocenters. The van der Waals surface area contributed by atoms with Gasteiger partial charge >= 0.3 is 5.97 Å². The molecule has 0 amide bonds. The van der Waals surface area contributed by atoms with Crippen molar-refractivity contribution in [2.24, 2.45) is 0 Å². The van der Waals surface area contributed by atoms with Crippen molar-refractivity contribution >= 4 is 33.4 Å². The van der Waals surface area contributed by atoms with Crippen LogP contribution in [0.5, 0.6) is 0 Å². The Balaban J connectivity index is 2.21. The molecule has 0 saturated heterocycles. The zero-order valence-corrected chi connectivity index (χ0v) is 11.5. The fourth-order valence-corrected chi connectivity index (χ4v) is 2.36. The van der Waals surface area contributed by atoms with Gasteiger partial charge < -0.3 is 10.0 Å². The summed E-state index contributed by atoms with van der Waals surface area (Å²) in [6, 6.07) is 1.67. The number of anilines is 1. The molecule has 0 radical (unpaired) electrons. The predicted octanol–water partition coefficient (Wildman–Crippen LogP) is 2.20. The van der Waals surface area contributed by atoms with Gasteiger partial charge in [-0.25, -0.2) is 4.98 Å². The molecule has 1 N–H and O–H groups in total. The van der Waals surface area contributed by atoms with Crippen LogP contribution < -0.4 is 4.90 Å². The Hall–Kier alpha value is -1.70. The molecule has 0 bridgehead atoms. The molecule has 1 fully saturated rings. The lowest BCUT2D eigenvalue weighted by molar-refractivity contribution is -0.385. The van der Waals surface area contributed by atoms with Gasteiger partial charge in [0.15, 0.2) is 0 Å². The Kier molecular flexibility index (Phi) is 3.98. The van der Waals surface area contributed by atoms with Crippen LogP contribution in [0.3, 0.4) is 0 Å². The number of aliphatic carboxylic acids is 1. The fraction of sp³-hybridized carbons (Fsp3) is 0.455. The lowest BCUT2D eigenvalue weighted by Gasteiger charge is -2.23. The monoisotopic (exact) mass is 329 g/mol. The van der Waals surface area contributed by atoms with E-state index in [4.69, 9.17) is 5.11 Å². The van der Waals surface area contributed by atoms with Crippen LogP contribution in [-0.4, -0.2) is 33.6 Å². The summed E-state index contributed by atoms with van der Waals surface area (Å²) in [5.74, 6) is -0.307. The summed E-state index contributed by atoms with van der Waals surface area (Å²) in [4.78, 5) is 26.8. The van der Waals surface area contributed by atoms with Crippen molar-refractivity contribution < 1.29 is 14.8 Å². The molecule has 0 spiro atoms. The summed E-state index contributed by atoms with van der Waals surface area (Å²) < 4.78 is 0.513. The van der Waals surface area contributed by atoms with E-state index in [1.165, 1.54) is 12.3 Å². The molecule has 102 valence electrons. The third kappa shape index (κ3) is 3.40. The van der Waals surface area contributed by atoms with E-state index < -0.39 is 10.9 Å². The minimum absolute atomic E-state index is 0.0155. The highest BCUT2D eigenvalue weighted by Gasteiger charge is 2.31. The molecular weight excluding hydrogens is 318 g/mol. The van der Waals surface area contributed by atoms with Crippen molar-refractivity contribution in [3.8, 4) is 0 Å². The zero-order valence-electron chi connectivity index (χ0n) is 9.95. The van der Waals surface area contributed by atoms with Crippen LogP contribution in [0.4, 0.5) is 11.5 Å². The van der Waals surface area contributed by atoms with Crippen LogP contribution in [0.2, 0.25) is 0 Å². The normalized spacial score (nSPS) is 14.2. The van der Waals surface area contributed by atoms with Gasteiger partial charge in [-0.2, -0.15) is 0 Å². The quantitative estimate of drug-likeness (QED) is 0.634. The molecule has 0 aromatic carbocycles. The summed E-state index contributed by atoms with van der Waals surface area (Å²) in [6.45, 7) is 0.351. The number of carboxylic acid groups (broad SMARTS) is 1. The second-order valence-corrected chi connectivity index (χ2v) is 5.18. The number of pyridine rings is 1. The molecule has 1 heterocycles. The molecule has 1 aliphatic rings. The molecule has 2 rings (SSSR count). The van der Waals surface area contributed by atoms with Gasteiger partial charge in [-0.3, -0.25) is 14.9 Å². The summed E-state index contributed by atoms with van der Waals surface area (Å²) >= 11 is 3.26. The van der Waals surface area contributed by atoms with Crippen molar-refractivity contribution in [1.29, 1.82) is 0 Å². The highest BCUT2D eigenvalue weighted by molar-refractivity contribution is 9.10. The van der Waals surface area contributed by atoms with Crippen molar-refractivity contribution in [1.82, 2.24) is 4.98 Å². The van der Waals surface area contributed by atoms with Crippen LogP contribution >= 0.6 is 15.9 Å². The van der Waals surface area contributed by atoms with E-state index >= 15 is 0 Å². The average molecular weight is 330 g/mol. The smallest absolute Gasteiger partial charge is 0.305 e. The van der Waals surface area contributed by atoms with E-state index in [0.717, 1.165) is 12.8 Å². The SMILES string of the molecule is O=C(O)CCN(c1ncc([N+](=O)[O-])cc1Br)C1CC1. The van der Waals surface area contributed by atoms with Crippen molar-refractivity contribution in [3.63, 3.8) is 0 Å². The molecular formula is C11H12BrN3O4. The lowest BCUT2D eigenvalue weighted by Crippen LogP contribution is -2.29. The first-order valence-electron chi connectivity index (χ1n) is 5.77. The van der Waals surface area contributed by atoms with Gasteiger partial charge in [-0.05, 0) is 28.8 Å². The average Bonchev–Trinajstić information content (AvgIpc) is 3.14. The van der Waals surface area contributed by atoms with Gasteiger partial charge in [-0.1, -0.05) is 0 Å². The first-order chi connectivity index (χ1) is 8.99. The number of nitrogens with zero attached hydrogens (tertiary/aromatic N) is 3. The number of rotatable bonds is 6. The van der Waals surface area contributed by atoms with Crippen LogP contribution in [0.1, 0.15) is 19.3 Å². The van der Waals surface area contributed by atoms with Crippen molar-refractivity contribution in [2.75, 3.05) is 11.4 Å². The predicted molar refractivity (Wildman–Crippen MR) is 71.2 cm³/mol. The molecule has 19 heavy (non-hydrogen) atoms. The van der Waals surface area contributed by atoms with Gasteiger partial charge in [0.05, 0.1) is 15.8 Å². The molecule has 8 heteroatoms. The summed E-state index contributed by atoms with van der Waals surface area (Å²) in [7, 11) is 0. The van der Waals surface area contributed by atoms with Crippen molar-refractivity contribution in [2.45, 2.75) is 25.3 Å². The van der Waals surface area contributed by atoms with E-state index in [1.807, 2.05) is 4.90 Å². The third-order valence-electron chi connectivity index (χ3n) is 2.84. The maximum Gasteiger partial charge on any atom is 0.305 e. The Labute approximate surface area is 117 Å². The third-order valence-corrected chi connectivity index (χ3v) is 3.43. The molecule has 1 aromatic heterocycles. The molecule has 1 saturated carbocycles. The standard InChI is InChI=1S/C11H12BrN3O4/c12-9-5-8(15(18)19)6-13-11(9)14(7-1-2-7)4-3-10(16)17/h5-7H,1-4H2,(H,16,17). The second kappa shape index (κ2) is 5.52. The number of carboxylic acids is 1. The van der Waals surface area contributed by atoms with Gasteiger partial charge in [0, 0.05) is 18.7 Å². The largest absolute Gasteiger partial charge is 0.481 e. The Bertz CT molecular complexity index is 519. The summed E-state index contributed by atoms with van der Waals surface area (Å²) in [5, 5.41) is 19.4. The van der Waals surface area contributed by atoms with E-state index in [2.05, 4.69) is 20.9 Å². The summed E-state index contributed by atoms with van der Waals surface area (Å²) in [5.41, 5.74) is -0.0930. The van der Waals surface area contributed by atoms with Gasteiger partial charge in [0.2, 0.25) is 0 Å². The minimum Gasteiger partial charge on any atom is -0.481 e. The number of nitro groups is 1. The number of carbonyl (C=O) groups is 1. The molecule has 7 nitrogen and oxygen atoms in total.